The van der Waals surface area contributed by atoms with Gasteiger partial charge in [0, 0.05) is 43.2 Å². The van der Waals surface area contributed by atoms with Crippen LogP contribution >= 0.6 is 0 Å². The first-order valence-corrected chi connectivity index (χ1v) is 8.42. The molecular formula is C20H19N3O2. The molecule has 4 rings (SSSR count). The number of nitrogens with zero attached hydrogens (tertiary/aromatic N) is 3. The van der Waals surface area contributed by atoms with Gasteiger partial charge >= 0.3 is 0 Å². The lowest BCUT2D eigenvalue weighted by atomic mass is 10.0. The first kappa shape index (κ1) is 15.7. The summed E-state index contributed by atoms with van der Waals surface area (Å²) in [6, 6.07) is 13.6. The molecule has 5 nitrogen and oxygen atoms in total. The monoisotopic (exact) mass is 333 g/mol. The molecule has 5 heteroatoms. The number of β-amino-alcohol motifs (C(OH)–C–C–N with tert-alkyl or cyclic N) is 1. The molecule has 1 saturated heterocycles. The highest BCUT2D eigenvalue weighted by atomic mass is 16.3. The summed E-state index contributed by atoms with van der Waals surface area (Å²) < 4.78 is 0. The van der Waals surface area contributed by atoms with Crippen LogP contribution in [0.4, 0.5) is 0 Å². The Kier molecular flexibility index (Phi) is 4.15. The van der Waals surface area contributed by atoms with Gasteiger partial charge in [-0.25, -0.2) is 0 Å². The summed E-state index contributed by atoms with van der Waals surface area (Å²) in [4.78, 5) is 23.1. The number of fused-ring (bicyclic) bond motifs is 1. The van der Waals surface area contributed by atoms with Gasteiger partial charge in [-0.1, -0.05) is 36.4 Å². The van der Waals surface area contributed by atoms with Crippen LogP contribution < -0.4 is 0 Å². The van der Waals surface area contributed by atoms with Crippen molar-refractivity contribution in [2.45, 2.75) is 12.5 Å². The van der Waals surface area contributed by atoms with Crippen molar-refractivity contribution in [2.24, 2.45) is 5.92 Å². The normalized spacial score (nSPS) is 20.1. The Morgan fingerprint density at radius 3 is 2.80 bits per heavy atom. The summed E-state index contributed by atoms with van der Waals surface area (Å²) in [7, 11) is 0. The minimum atomic E-state index is -0.541. The van der Waals surface area contributed by atoms with Gasteiger partial charge in [-0.2, -0.15) is 0 Å². The molecule has 0 bridgehead atoms. The van der Waals surface area contributed by atoms with E-state index in [-0.39, 0.29) is 11.8 Å². The van der Waals surface area contributed by atoms with E-state index in [9.17, 15) is 9.90 Å². The van der Waals surface area contributed by atoms with Crippen LogP contribution in [-0.4, -0.2) is 45.1 Å². The minimum Gasteiger partial charge on any atom is -0.391 e. The number of aliphatic hydroxyl groups is 1. The van der Waals surface area contributed by atoms with E-state index in [1.807, 2.05) is 42.5 Å². The number of aliphatic hydroxyl groups excluding tert-OH is 1. The maximum absolute atomic E-state index is 13.0. The molecule has 1 amide bonds. The fourth-order valence-electron chi connectivity index (χ4n) is 3.51. The first-order chi connectivity index (χ1) is 12.2. The molecule has 0 radical (unpaired) electrons. The van der Waals surface area contributed by atoms with Crippen molar-refractivity contribution in [2.75, 3.05) is 13.1 Å². The van der Waals surface area contributed by atoms with Gasteiger partial charge in [0.05, 0.1) is 11.8 Å². The summed E-state index contributed by atoms with van der Waals surface area (Å²) in [6.45, 7) is 0.882. The number of amides is 1. The SMILES string of the molecule is O=C(c1cccc2ccccc12)N1C[C@@H](Cc2cnccn2)[C@H](O)C1. The number of hydrogen-bond donors (Lipinski definition) is 1. The van der Waals surface area contributed by atoms with Gasteiger partial charge in [-0.15, -0.1) is 0 Å². The molecule has 3 aromatic rings. The molecule has 2 heterocycles. The van der Waals surface area contributed by atoms with Crippen LogP contribution in [0, 0.1) is 5.92 Å². The molecule has 126 valence electrons. The topological polar surface area (TPSA) is 66.3 Å². The van der Waals surface area contributed by atoms with E-state index in [1.54, 1.807) is 23.5 Å². The second kappa shape index (κ2) is 6.61. The smallest absolute Gasteiger partial charge is 0.254 e. The molecular weight excluding hydrogens is 314 g/mol. The maximum Gasteiger partial charge on any atom is 0.254 e. The van der Waals surface area contributed by atoms with Crippen molar-refractivity contribution in [1.82, 2.24) is 14.9 Å². The Morgan fingerprint density at radius 1 is 1.12 bits per heavy atom. The Morgan fingerprint density at radius 2 is 1.96 bits per heavy atom. The first-order valence-electron chi connectivity index (χ1n) is 8.42. The van der Waals surface area contributed by atoms with E-state index in [1.165, 1.54) is 0 Å². The lowest BCUT2D eigenvalue weighted by Gasteiger charge is -2.17. The highest BCUT2D eigenvalue weighted by Crippen LogP contribution is 2.25. The fourth-order valence-corrected chi connectivity index (χ4v) is 3.51. The van der Waals surface area contributed by atoms with Crippen LogP contribution in [0.1, 0.15) is 16.1 Å². The number of aromatic nitrogens is 2. The Balaban J connectivity index is 1.55. The van der Waals surface area contributed by atoms with Crippen molar-refractivity contribution in [3.05, 3.63) is 72.3 Å². The fraction of sp³-hybridized carbons (Fsp3) is 0.250. The van der Waals surface area contributed by atoms with Crippen molar-refractivity contribution in [1.29, 1.82) is 0 Å². The third-order valence-electron chi connectivity index (χ3n) is 4.80. The maximum atomic E-state index is 13.0. The van der Waals surface area contributed by atoms with Gasteiger partial charge in [-0.3, -0.25) is 14.8 Å². The summed E-state index contributed by atoms with van der Waals surface area (Å²) in [5, 5.41) is 12.4. The quantitative estimate of drug-likeness (QED) is 0.799. The van der Waals surface area contributed by atoms with Crippen LogP contribution in [0.5, 0.6) is 0 Å². The van der Waals surface area contributed by atoms with Crippen molar-refractivity contribution in [3.8, 4) is 0 Å². The van der Waals surface area contributed by atoms with Crippen molar-refractivity contribution in [3.63, 3.8) is 0 Å². The van der Waals surface area contributed by atoms with Gasteiger partial charge in [0.25, 0.3) is 5.91 Å². The number of carbonyl (C=O) groups is 1. The standard InChI is InChI=1S/C20H19N3O2/c24-19-13-23(12-15(19)10-16-11-21-8-9-22-16)20(25)18-7-3-5-14-4-1-2-6-17(14)18/h1-9,11,15,19,24H,10,12-13H2/t15-,19-/m1/s1. The van der Waals surface area contributed by atoms with Crippen LogP contribution in [0.2, 0.25) is 0 Å². The van der Waals surface area contributed by atoms with Crippen LogP contribution in [0.15, 0.2) is 61.1 Å². The zero-order valence-electron chi connectivity index (χ0n) is 13.7. The second-order valence-electron chi connectivity index (χ2n) is 6.47. The molecule has 2 aromatic carbocycles. The van der Waals surface area contributed by atoms with Gasteiger partial charge in [0.1, 0.15) is 0 Å². The van der Waals surface area contributed by atoms with Crippen LogP contribution in [-0.2, 0) is 6.42 Å². The van der Waals surface area contributed by atoms with E-state index < -0.39 is 6.10 Å². The molecule has 0 aliphatic carbocycles. The summed E-state index contributed by atoms with van der Waals surface area (Å²) in [6.07, 6.45) is 5.07. The highest BCUT2D eigenvalue weighted by Gasteiger charge is 2.35. The number of carbonyl (C=O) groups excluding carboxylic acids is 1. The molecule has 0 saturated carbocycles. The zero-order chi connectivity index (χ0) is 17.2. The molecule has 0 spiro atoms. The van der Waals surface area contributed by atoms with Crippen LogP contribution in [0.25, 0.3) is 10.8 Å². The van der Waals surface area contributed by atoms with Gasteiger partial charge in [0.2, 0.25) is 0 Å². The van der Waals surface area contributed by atoms with Gasteiger partial charge in [0.15, 0.2) is 0 Å². The summed E-state index contributed by atoms with van der Waals surface area (Å²) >= 11 is 0. The molecule has 0 unspecified atom stereocenters. The van der Waals surface area contributed by atoms with Crippen LogP contribution in [0.3, 0.4) is 0 Å². The molecule has 1 fully saturated rings. The summed E-state index contributed by atoms with van der Waals surface area (Å²) in [5.41, 5.74) is 1.52. The molecule has 1 aliphatic rings. The molecule has 2 atom stereocenters. The van der Waals surface area contributed by atoms with E-state index in [0.717, 1.165) is 16.5 Å². The van der Waals surface area contributed by atoms with Gasteiger partial charge in [-0.05, 0) is 23.3 Å². The Labute approximate surface area is 146 Å². The molecule has 1 aliphatic heterocycles. The van der Waals surface area contributed by atoms with Gasteiger partial charge < -0.3 is 10.0 Å². The number of rotatable bonds is 3. The lowest BCUT2D eigenvalue weighted by molar-refractivity contribution is 0.0766. The third-order valence-corrected chi connectivity index (χ3v) is 4.80. The lowest BCUT2D eigenvalue weighted by Crippen LogP contribution is -2.29. The van der Waals surface area contributed by atoms with E-state index in [4.69, 9.17) is 0 Å². The highest BCUT2D eigenvalue weighted by molar-refractivity contribution is 6.07. The van der Waals surface area contributed by atoms with Crippen molar-refractivity contribution >= 4 is 16.7 Å². The summed E-state index contributed by atoms with van der Waals surface area (Å²) in [5.74, 6) is -0.0480. The van der Waals surface area contributed by atoms with E-state index >= 15 is 0 Å². The number of hydrogen-bond acceptors (Lipinski definition) is 4. The number of likely N-dealkylation sites (tertiary alicyclic amines) is 1. The predicted octanol–water partition coefficient (Wildman–Crippen LogP) is 2.31. The molecule has 1 N–H and O–H groups in total. The third kappa shape index (κ3) is 3.10. The Bertz CT molecular complexity index is 892. The molecule has 1 aromatic heterocycles. The minimum absolute atomic E-state index is 0.0179. The molecule has 25 heavy (non-hydrogen) atoms. The predicted molar refractivity (Wildman–Crippen MR) is 95.1 cm³/mol. The Hall–Kier alpha value is -2.79. The largest absolute Gasteiger partial charge is 0.391 e. The van der Waals surface area contributed by atoms with E-state index in [0.29, 0.717) is 25.1 Å². The van der Waals surface area contributed by atoms with Crippen molar-refractivity contribution < 1.29 is 9.90 Å². The van der Waals surface area contributed by atoms with E-state index in [2.05, 4.69) is 9.97 Å². The zero-order valence-corrected chi connectivity index (χ0v) is 13.7. The average molecular weight is 333 g/mol. The average Bonchev–Trinajstić information content (AvgIpc) is 3.02. The second-order valence-corrected chi connectivity index (χ2v) is 6.47. The number of benzene rings is 2.